The number of urea groups is 1. The van der Waals surface area contributed by atoms with Crippen LogP contribution in [0.2, 0.25) is 0 Å². The number of halogens is 3. The molecule has 118 valence electrons. The molecule has 2 heterocycles. The van der Waals surface area contributed by atoms with Crippen LogP contribution in [0.5, 0.6) is 0 Å². The Morgan fingerprint density at radius 2 is 2.23 bits per heavy atom. The normalized spacial score (nSPS) is 18.6. The van der Waals surface area contributed by atoms with Gasteiger partial charge in [-0.1, -0.05) is 0 Å². The molecule has 2 amide bonds. The Morgan fingerprint density at radius 1 is 1.50 bits per heavy atom. The van der Waals surface area contributed by atoms with Gasteiger partial charge in [0.15, 0.2) is 5.69 Å². The molecule has 0 unspecified atom stereocenters. The molecule has 1 aliphatic rings. The molecule has 2 rings (SSSR count). The number of piperidine rings is 1. The van der Waals surface area contributed by atoms with E-state index in [-0.39, 0.29) is 11.9 Å². The SMILES string of the molecule is N#Cc1nc(N[C@@H]2CCCN(C(N)=O)C2)ccc1C(F)(F)F. The maximum absolute atomic E-state index is 12.7. The van der Waals surface area contributed by atoms with Crippen LogP contribution in [0.25, 0.3) is 0 Å². The maximum atomic E-state index is 12.7. The van der Waals surface area contributed by atoms with Gasteiger partial charge in [-0.25, -0.2) is 9.78 Å². The summed E-state index contributed by atoms with van der Waals surface area (Å²) in [6, 6.07) is 2.74. The second kappa shape index (κ2) is 6.09. The topological polar surface area (TPSA) is 95.0 Å². The van der Waals surface area contributed by atoms with E-state index in [2.05, 4.69) is 10.3 Å². The fourth-order valence-corrected chi connectivity index (χ4v) is 2.36. The van der Waals surface area contributed by atoms with Crippen LogP contribution in [0, 0.1) is 11.3 Å². The van der Waals surface area contributed by atoms with Crippen molar-refractivity contribution < 1.29 is 18.0 Å². The highest BCUT2D eigenvalue weighted by molar-refractivity contribution is 5.72. The van der Waals surface area contributed by atoms with Crippen molar-refractivity contribution in [3.63, 3.8) is 0 Å². The molecule has 0 saturated carbocycles. The summed E-state index contributed by atoms with van der Waals surface area (Å²) in [7, 11) is 0. The first-order valence-electron chi connectivity index (χ1n) is 6.60. The number of nitriles is 1. The van der Waals surface area contributed by atoms with Gasteiger partial charge in [0.1, 0.15) is 11.9 Å². The maximum Gasteiger partial charge on any atom is 0.419 e. The minimum absolute atomic E-state index is 0.167. The lowest BCUT2D eigenvalue weighted by atomic mass is 10.1. The number of hydrogen-bond donors (Lipinski definition) is 2. The third-order valence-electron chi connectivity index (χ3n) is 3.39. The number of primary amides is 1. The van der Waals surface area contributed by atoms with E-state index in [1.165, 1.54) is 17.0 Å². The largest absolute Gasteiger partial charge is 0.419 e. The molecule has 1 aromatic heterocycles. The summed E-state index contributed by atoms with van der Waals surface area (Å²) < 4.78 is 38.1. The molecule has 22 heavy (non-hydrogen) atoms. The van der Waals surface area contributed by atoms with Crippen LogP contribution in [-0.4, -0.2) is 35.0 Å². The summed E-state index contributed by atoms with van der Waals surface area (Å²) in [4.78, 5) is 16.3. The fourth-order valence-electron chi connectivity index (χ4n) is 2.36. The second-order valence-electron chi connectivity index (χ2n) is 4.97. The number of anilines is 1. The number of amides is 2. The van der Waals surface area contributed by atoms with Gasteiger partial charge in [0, 0.05) is 19.1 Å². The highest BCUT2D eigenvalue weighted by Crippen LogP contribution is 2.31. The summed E-state index contributed by atoms with van der Waals surface area (Å²) in [5.74, 6) is 0.167. The Bertz CT molecular complexity index is 611. The number of rotatable bonds is 2. The molecule has 1 atom stereocenters. The monoisotopic (exact) mass is 313 g/mol. The summed E-state index contributed by atoms with van der Waals surface area (Å²) in [5.41, 5.74) is 3.46. The van der Waals surface area contributed by atoms with Crippen LogP contribution < -0.4 is 11.1 Å². The fraction of sp³-hybridized carbons (Fsp3) is 0.462. The van der Waals surface area contributed by atoms with E-state index < -0.39 is 23.5 Å². The van der Waals surface area contributed by atoms with Crippen LogP contribution in [0.15, 0.2) is 12.1 Å². The number of nitrogens with two attached hydrogens (primary N) is 1. The van der Waals surface area contributed by atoms with Gasteiger partial charge in [-0.3, -0.25) is 0 Å². The molecule has 0 aliphatic carbocycles. The molecule has 1 aromatic rings. The Balaban J connectivity index is 2.14. The van der Waals surface area contributed by atoms with Crippen molar-refractivity contribution in [3.05, 3.63) is 23.4 Å². The van der Waals surface area contributed by atoms with Gasteiger partial charge in [0.2, 0.25) is 0 Å². The van der Waals surface area contributed by atoms with E-state index in [1.54, 1.807) is 0 Å². The number of likely N-dealkylation sites (tertiary alicyclic amines) is 1. The van der Waals surface area contributed by atoms with Crippen LogP contribution >= 0.6 is 0 Å². The smallest absolute Gasteiger partial charge is 0.366 e. The van der Waals surface area contributed by atoms with Gasteiger partial charge in [0.05, 0.1) is 5.56 Å². The Labute approximate surface area is 124 Å². The Hall–Kier alpha value is -2.50. The van der Waals surface area contributed by atoms with Gasteiger partial charge in [0.25, 0.3) is 0 Å². The zero-order valence-electron chi connectivity index (χ0n) is 11.5. The molecule has 0 aromatic carbocycles. The molecule has 1 fully saturated rings. The highest BCUT2D eigenvalue weighted by Gasteiger charge is 2.34. The molecule has 1 saturated heterocycles. The summed E-state index contributed by atoms with van der Waals surface area (Å²) in [6.07, 6.45) is -3.16. The standard InChI is InChI=1S/C13H14F3N5O/c14-13(15,16)9-3-4-11(20-10(9)6-17)19-8-2-1-5-21(7-8)12(18)22/h3-4,8H,1-2,5,7H2,(H2,18,22)(H,19,20)/t8-/m1/s1. The molecule has 0 radical (unpaired) electrons. The Kier molecular flexibility index (Phi) is 4.40. The predicted molar refractivity (Wildman–Crippen MR) is 71.8 cm³/mol. The predicted octanol–water partition coefficient (Wildman–Crippen LogP) is 1.93. The average molecular weight is 313 g/mol. The van der Waals surface area contributed by atoms with Crippen molar-refractivity contribution in [1.82, 2.24) is 9.88 Å². The zero-order valence-corrected chi connectivity index (χ0v) is 11.5. The van der Waals surface area contributed by atoms with E-state index in [9.17, 15) is 18.0 Å². The lowest BCUT2D eigenvalue weighted by Crippen LogP contribution is -2.47. The lowest BCUT2D eigenvalue weighted by molar-refractivity contribution is -0.138. The van der Waals surface area contributed by atoms with E-state index >= 15 is 0 Å². The van der Waals surface area contributed by atoms with Crippen molar-refractivity contribution >= 4 is 11.8 Å². The van der Waals surface area contributed by atoms with Crippen LogP contribution in [0.3, 0.4) is 0 Å². The van der Waals surface area contributed by atoms with Crippen molar-refractivity contribution in [2.24, 2.45) is 5.73 Å². The summed E-state index contributed by atoms with van der Waals surface area (Å²) in [5, 5.41) is 11.8. The highest BCUT2D eigenvalue weighted by atomic mass is 19.4. The first-order valence-corrected chi connectivity index (χ1v) is 6.60. The first kappa shape index (κ1) is 15.9. The summed E-state index contributed by atoms with van der Waals surface area (Å²) in [6.45, 7) is 0.900. The van der Waals surface area contributed by atoms with Crippen LogP contribution in [-0.2, 0) is 6.18 Å². The van der Waals surface area contributed by atoms with Gasteiger partial charge < -0.3 is 16.0 Å². The Morgan fingerprint density at radius 3 is 2.82 bits per heavy atom. The molecule has 1 aliphatic heterocycles. The van der Waals surface area contributed by atoms with Crippen molar-refractivity contribution in [2.45, 2.75) is 25.1 Å². The number of alkyl halides is 3. The molecule has 0 bridgehead atoms. The number of carbonyl (C=O) groups excluding carboxylic acids is 1. The third-order valence-corrected chi connectivity index (χ3v) is 3.39. The zero-order chi connectivity index (χ0) is 16.3. The number of nitrogens with one attached hydrogen (secondary N) is 1. The molecular formula is C13H14F3N5O. The number of nitrogens with zero attached hydrogens (tertiary/aromatic N) is 3. The van der Waals surface area contributed by atoms with Crippen molar-refractivity contribution in [3.8, 4) is 6.07 Å². The number of hydrogen-bond acceptors (Lipinski definition) is 4. The molecule has 3 N–H and O–H groups in total. The lowest BCUT2D eigenvalue weighted by Gasteiger charge is -2.32. The van der Waals surface area contributed by atoms with E-state index in [0.29, 0.717) is 13.1 Å². The minimum atomic E-state index is -4.62. The van der Waals surface area contributed by atoms with E-state index in [0.717, 1.165) is 18.9 Å². The second-order valence-corrected chi connectivity index (χ2v) is 4.97. The number of carbonyl (C=O) groups is 1. The van der Waals surface area contributed by atoms with E-state index in [4.69, 9.17) is 11.0 Å². The number of pyridine rings is 1. The average Bonchev–Trinajstić information content (AvgIpc) is 2.46. The van der Waals surface area contributed by atoms with Gasteiger partial charge in [-0.05, 0) is 25.0 Å². The third kappa shape index (κ3) is 3.58. The van der Waals surface area contributed by atoms with Gasteiger partial charge in [-0.2, -0.15) is 18.4 Å². The van der Waals surface area contributed by atoms with Crippen molar-refractivity contribution in [1.29, 1.82) is 5.26 Å². The molecule has 0 spiro atoms. The quantitative estimate of drug-likeness (QED) is 0.872. The first-order chi connectivity index (χ1) is 10.3. The van der Waals surface area contributed by atoms with Crippen LogP contribution in [0.1, 0.15) is 24.1 Å². The van der Waals surface area contributed by atoms with Crippen molar-refractivity contribution in [2.75, 3.05) is 18.4 Å². The van der Waals surface area contributed by atoms with Gasteiger partial charge in [-0.15, -0.1) is 0 Å². The number of aromatic nitrogens is 1. The molecule has 6 nitrogen and oxygen atoms in total. The molecular weight excluding hydrogens is 299 g/mol. The van der Waals surface area contributed by atoms with Crippen LogP contribution in [0.4, 0.5) is 23.8 Å². The van der Waals surface area contributed by atoms with E-state index in [1.807, 2.05) is 0 Å². The minimum Gasteiger partial charge on any atom is -0.366 e. The van der Waals surface area contributed by atoms with Gasteiger partial charge >= 0.3 is 12.2 Å². The summed E-state index contributed by atoms with van der Waals surface area (Å²) >= 11 is 0. The molecule has 9 heteroatoms.